The van der Waals surface area contributed by atoms with Crippen molar-refractivity contribution in [2.75, 3.05) is 6.54 Å². The van der Waals surface area contributed by atoms with Crippen LogP contribution in [0.2, 0.25) is 15.1 Å². The Bertz CT molecular complexity index is 631. The van der Waals surface area contributed by atoms with Gasteiger partial charge in [0.25, 0.3) is 0 Å². The van der Waals surface area contributed by atoms with E-state index in [1.165, 1.54) is 6.07 Å². The van der Waals surface area contributed by atoms with Crippen LogP contribution in [0.3, 0.4) is 0 Å². The Balaban J connectivity index is 2.44. The summed E-state index contributed by atoms with van der Waals surface area (Å²) in [6.45, 7) is 2.88. The first-order valence-corrected chi connectivity index (χ1v) is 7.79. The third kappa shape index (κ3) is 4.10. The summed E-state index contributed by atoms with van der Waals surface area (Å²) in [6, 6.07) is 9.89. The lowest BCUT2D eigenvalue weighted by atomic mass is 9.98. The van der Waals surface area contributed by atoms with Crippen molar-refractivity contribution in [2.24, 2.45) is 0 Å². The van der Waals surface area contributed by atoms with Crippen LogP contribution in [-0.2, 0) is 0 Å². The Kier molecular flexibility index (Phi) is 5.88. The van der Waals surface area contributed by atoms with Crippen LogP contribution in [0.1, 0.15) is 30.5 Å². The summed E-state index contributed by atoms with van der Waals surface area (Å²) in [6.07, 6.45) is 0.969. The van der Waals surface area contributed by atoms with Crippen LogP contribution in [0.4, 0.5) is 4.39 Å². The van der Waals surface area contributed by atoms with Gasteiger partial charge >= 0.3 is 0 Å². The van der Waals surface area contributed by atoms with Gasteiger partial charge in [0, 0.05) is 10.0 Å². The second-order valence-corrected chi connectivity index (χ2v) is 5.98. The highest BCUT2D eigenvalue weighted by Gasteiger charge is 2.17. The first-order chi connectivity index (χ1) is 10.0. The van der Waals surface area contributed by atoms with Gasteiger partial charge in [0.15, 0.2) is 0 Å². The number of nitrogens with one attached hydrogen (secondary N) is 1. The van der Waals surface area contributed by atoms with E-state index in [-0.39, 0.29) is 11.1 Å². The Morgan fingerprint density at radius 1 is 1.05 bits per heavy atom. The lowest BCUT2D eigenvalue weighted by Gasteiger charge is -2.21. The Morgan fingerprint density at radius 2 is 1.81 bits per heavy atom. The van der Waals surface area contributed by atoms with Gasteiger partial charge in [0.2, 0.25) is 0 Å². The van der Waals surface area contributed by atoms with Crippen LogP contribution in [0.15, 0.2) is 36.4 Å². The molecule has 0 amide bonds. The Hall–Kier alpha value is -0.800. The molecule has 1 nitrogen and oxygen atoms in total. The Labute approximate surface area is 139 Å². The van der Waals surface area contributed by atoms with E-state index < -0.39 is 5.82 Å². The molecule has 2 rings (SSSR count). The zero-order valence-electron chi connectivity index (χ0n) is 11.5. The average molecular weight is 347 g/mol. The topological polar surface area (TPSA) is 12.0 Å². The molecule has 112 valence electrons. The van der Waals surface area contributed by atoms with Crippen molar-refractivity contribution >= 4 is 34.8 Å². The van der Waals surface area contributed by atoms with E-state index in [1.807, 2.05) is 6.07 Å². The second-order valence-electron chi connectivity index (χ2n) is 4.73. The number of rotatable bonds is 5. The minimum Gasteiger partial charge on any atom is -0.306 e. The molecule has 0 aliphatic carbocycles. The SMILES string of the molecule is CCCNC(c1ccc(F)c(Cl)c1)c1ccc(Cl)cc1Cl. The standard InChI is InChI=1S/C16H15Cl3FN/c1-2-7-21-16(10-3-6-15(20)14(19)8-10)12-5-4-11(17)9-13(12)18/h3-6,8-9,16,21H,2,7H2,1H3. The fourth-order valence-electron chi connectivity index (χ4n) is 2.12. The number of hydrogen-bond donors (Lipinski definition) is 1. The van der Waals surface area contributed by atoms with Crippen molar-refractivity contribution in [3.63, 3.8) is 0 Å². The molecular formula is C16H15Cl3FN. The third-order valence-corrected chi connectivity index (χ3v) is 4.00. The number of hydrogen-bond acceptors (Lipinski definition) is 1. The van der Waals surface area contributed by atoms with Gasteiger partial charge in [-0.1, -0.05) is 53.9 Å². The summed E-state index contributed by atoms with van der Waals surface area (Å²) >= 11 is 18.1. The van der Waals surface area contributed by atoms with E-state index in [0.29, 0.717) is 10.0 Å². The van der Waals surface area contributed by atoms with Crippen LogP contribution in [0.25, 0.3) is 0 Å². The molecule has 1 N–H and O–H groups in total. The summed E-state index contributed by atoms with van der Waals surface area (Å²) in [5.41, 5.74) is 1.75. The number of halogens is 4. The molecule has 0 saturated heterocycles. The molecule has 0 fully saturated rings. The molecule has 2 aromatic carbocycles. The molecule has 0 saturated carbocycles. The third-order valence-electron chi connectivity index (χ3n) is 3.15. The van der Waals surface area contributed by atoms with Crippen LogP contribution in [-0.4, -0.2) is 6.54 Å². The fourth-order valence-corrected chi connectivity index (χ4v) is 2.83. The monoisotopic (exact) mass is 345 g/mol. The van der Waals surface area contributed by atoms with E-state index >= 15 is 0 Å². The quantitative estimate of drug-likeness (QED) is 0.713. The van der Waals surface area contributed by atoms with Crippen molar-refractivity contribution < 1.29 is 4.39 Å². The summed E-state index contributed by atoms with van der Waals surface area (Å²) in [4.78, 5) is 0. The van der Waals surface area contributed by atoms with Crippen molar-refractivity contribution in [3.05, 3.63) is 68.4 Å². The molecule has 0 spiro atoms. The summed E-state index contributed by atoms with van der Waals surface area (Å²) < 4.78 is 13.4. The smallest absolute Gasteiger partial charge is 0.141 e. The van der Waals surface area contributed by atoms with Crippen molar-refractivity contribution in [1.82, 2.24) is 5.32 Å². The summed E-state index contributed by atoms with van der Waals surface area (Å²) in [5, 5.41) is 4.64. The minimum atomic E-state index is -0.433. The first kappa shape index (κ1) is 16.6. The van der Waals surface area contributed by atoms with E-state index in [9.17, 15) is 4.39 Å². The highest BCUT2D eigenvalue weighted by Crippen LogP contribution is 2.32. The van der Waals surface area contributed by atoms with Gasteiger partial charge < -0.3 is 5.32 Å². The summed E-state index contributed by atoms with van der Waals surface area (Å²) in [5.74, 6) is -0.433. The van der Waals surface area contributed by atoms with E-state index in [1.54, 1.807) is 24.3 Å². The van der Waals surface area contributed by atoms with Crippen molar-refractivity contribution in [2.45, 2.75) is 19.4 Å². The largest absolute Gasteiger partial charge is 0.306 e. The molecule has 2 aromatic rings. The molecule has 21 heavy (non-hydrogen) atoms. The van der Waals surface area contributed by atoms with Crippen molar-refractivity contribution in [1.29, 1.82) is 0 Å². The van der Waals surface area contributed by atoms with E-state index in [2.05, 4.69) is 12.2 Å². The van der Waals surface area contributed by atoms with Gasteiger partial charge in [-0.15, -0.1) is 0 Å². The highest BCUT2D eigenvalue weighted by atomic mass is 35.5. The van der Waals surface area contributed by atoms with Gasteiger partial charge in [-0.2, -0.15) is 0 Å². The molecule has 1 atom stereocenters. The second kappa shape index (κ2) is 7.46. The molecule has 0 radical (unpaired) electrons. The van der Waals surface area contributed by atoms with Crippen LogP contribution >= 0.6 is 34.8 Å². The van der Waals surface area contributed by atoms with Crippen molar-refractivity contribution in [3.8, 4) is 0 Å². The number of benzene rings is 2. The average Bonchev–Trinajstić information content (AvgIpc) is 2.44. The zero-order chi connectivity index (χ0) is 15.4. The van der Waals surface area contributed by atoms with Gasteiger partial charge in [-0.05, 0) is 48.4 Å². The van der Waals surface area contributed by atoms with Gasteiger partial charge in [-0.3, -0.25) is 0 Å². The molecule has 0 aliphatic heterocycles. The molecule has 5 heteroatoms. The maximum Gasteiger partial charge on any atom is 0.141 e. The molecule has 1 unspecified atom stereocenters. The molecule has 0 bridgehead atoms. The maximum atomic E-state index is 13.4. The lowest BCUT2D eigenvalue weighted by molar-refractivity contribution is 0.593. The molecule has 0 aromatic heterocycles. The van der Waals surface area contributed by atoms with Gasteiger partial charge in [0.1, 0.15) is 5.82 Å². The zero-order valence-corrected chi connectivity index (χ0v) is 13.7. The molecule has 0 heterocycles. The van der Waals surface area contributed by atoms with Crippen LogP contribution < -0.4 is 5.32 Å². The predicted octanol–water partition coefficient (Wildman–Crippen LogP) is 5.87. The van der Waals surface area contributed by atoms with Gasteiger partial charge in [0.05, 0.1) is 11.1 Å². The normalized spacial score (nSPS) is 12.4. The fraction of sp³-hybridized carbons (Fsp3) is 0.250. The van der Waals surface area contributed by atoms with E-state index in [0.717, 1.165) is 24.1 Å². The maximum absolute atomic E-state index is 13.4. The minimum absolute atomic E-state index is 0.0980. The Morgan fingerprint density at radius 3 is 2.43 bits per heavy atom. The lowest BCUT2D eigenvalue weighted by Crippen LogP contribution is -2.23. The van der Waals surface area contributed by atoms with Crippen LogP contribution in [0.5, 0.6) is 0 Å². The molecular weight excluding hydrogens is 332 g/mol. The van der Waals surface area contributed by atoms with E-state index in [4.69, 9.17) is 34.8 Å². The van der Waals surface area contributed by atoms with Gasteiger partial charge in [-0.25, -0.2) is 4.39 Å². The predicted molar refractivity (Wildman–Crippen MR) is 88.0 cm³/mol. The van der Waals surface area contributed by atoms with Crippen LogP contribution in [0, 0.1) is 5.82 Å². The first-order valence-electron chi connectivity index (χ1n) is 6.66. The summed E-state index contributed by atoms with van der Waals surface area (Å²) in [7, 11) is 0. The molecule has 0 aliphatic rings. The highest BCUT2D eigenvalue weighted by molar-refractivity contribution is 6.35.